The van der Waals surface area contributed by atoms with Gasteiger partial charge in [-0.15, -0.1) is 22.7 Å². The summed E-state index contributed by atoms with van der Waals surface area (Å²) in [7, 11) is 0. The molecule has 2 heterocycles. The molecule has 0 bridgehead atoms. The van der Waals surface area contributed by atoms with E-state index >= 15 is 0 Å². The number of aliphatic hydroxyl groups is 1. The van der Waals surface area contributed by atoms with Crippen molar-refractivity contribution in [1.82, 2.24) is 5.32 Å². The van der Waals surface area contributed by atoms with Gasteiger partial charge in [0.1, 0.15) is 0 Å². The molecule has 19 heavy (non-hydrogen) atoms. The second kappa shape index (κ2) is 6.66. The molecule has 0 amide bonds. The molecule has 0 aromatic carbocycles. The highest BCUT2D eigenvalue weighted by Gasteiger charge is 2.21. The highest BCUT2D eigenvalue weighted by molar-refractivity contribution is 7.14. The van der Waals surface area contributed by atoms with Crippen LogP contribution in [0.1, 0.15) is 31.6 Å². The molecule has 0 unspecified atom stereocenters. The fourth-order valence-corrected chi connectivity index (χ4v) is 3.61. The minimum Gasteiger partial charge on any atom is -0.389 e. The first-order chi connectivity index (χ1) is 9.17. The zero-order valence-electron chi connectivity index (χ0n) is 11.5. The van der Waals surface area contributed by atoms with Crippen LogP contribution >= 0.6 is 22.7 Å². The minimum absolute atomic E-state index is 0.562. The van der Waals surface area contributed by atoms with Crippen molar-refractivity contribution in [2.45, 2.75) is 38.8 Å². The van der Waals surface area contributed by atoms with Crippen molar-refractivity contribution in [1.29, 1.82) is 0 Å². The van der Waals surface area contributed by atoms with Crippen LogP contribution in [-0.2, 0) is 6.54 Å². The molecular weight excluding hydrogens is 274 g/mol. The summed E-state index contributed by atoms with van der Waals surface area (Å²) in [5.74, 6) is 0. The van der Waals surface area contributed by atoms with Gasteiger partial charge in [-0.1, -0.05) is 19.9 Å². The predicted molar refractivity (Wildman–Crippen MR) is 84.9 cm³/mol. The Morgan fingerprint density at radius 2 is 2.05 bits per heavy atom. The molecular formula is C15H21NOS2. The Balaban J connectivity index is 1.87. The Hall–Kier alpha value is -0.680. The molecule has 0 spiro atoms. The quantitative estimate of drug-likeness (QED) is 0.805. The Kier molecular flexibility index (Phi) is 5.16. The summed E-state index contributed by atoms with van der Waals surface area (Å²) >= 11 is 3.55. The third kappa shape index (κ3) is 3.89. The van der Waals surface area contributed by atoms with Crippen LogP contribution in [0.5, 0.6) is 0 Å². The van der Waals surface area contributed by atoms with Gasteiger partial charge in [0.2, 0.25) is 0 Å². The smallest absolute Gasteiger partial charge is 0.0766 e. The van der Waals surface area contributed by atoms with Crippen molar-refractivity contribution < 1.29 is 5.11 Å². The van der Waals surface area contributed by atoms with Crippen LogP contribution in [0.25, 0.3) is 10.4 Å². The van der Waals surface area contributed by atoms with E-state index in [0.717, 1.165) is 19.4 Å². The maximum atomic E-state index is 10.2. The second-order valence-electron chi connectivity index (χ2n) is 4.81. The summed E-state index contributed by atoms with van der Waals surface area (Å²) in [5, 5.41) is 17.9. The fourth-order valence-electron chi connectivity index (χ4n) is 1.96. The van der Waals surface area contributed by atoms with E-state index in [4.69, 9.17) is 0 Å². The van der Waals surface area contributed by atoms with Gasteiger partial charge in [0.15, 0.2) is 0 Å². The maximum Gasteiger partial charge on any atom is 0.0766 e. The van der Waals surface area contributed by atoms with Gasteiger partial charge in [-0.2, -0.15) is 0 Å². The second-order valence-corrected chi connectivity index (χ2v) is 6.76. The molecule has 0 aliphatic rings. The van der Waals surface area contributed by atoms with Gasteiger partial charge in [0.05, 0.1) is 5.60 Å². The highest BCUT2D eigenvalue weighted by atomic mass is 32.1. The van der Waals surface area contributed by atoms with Gasteiger partial charge in [-0.3, -0.25) is 0 Å². The lowest BCUT2D eigenvalue weighted by molar-refractivity contribution is 0.0323. The Labute approximate surface area is 123 Å². The molecule has 0 aliphatic carbocycles. The molecule has 0 saturated carbocycles. The Morgan fingerprint density at radius 1 is 1.26 bits per heavy atom. The first-order valence-corrected chi connectivity index (χ1v) is 8.47. The molecule has 2 aromatic heterocycles. The summed E-state index contributed by atoms with van der Waals surface area (Å²) in [5.41, 5.74) is 0.742. The number of rotatable bonds is 7. The zero-order chi connectivity index (χ0) is 13.7. The van der Waals surface area contributed by atoms with Crippen LogP contribution in [0.4, 0.5) is 0 Å². The van der Waals surface area contributed by atoms with Crippen LogP contribution in [-0.4, -0.2) is 17.3 Å². The van der Waals surface area contributed by atoms with Crippen LogP contribution < -0.4 is 5.32 Å². The standard InChI is InChI=1S/C15H21NOS2/c1-3-15(17,4-2)11-16-9-13-8-12(10-19-13)14-6-5-7-18-14/h5-8,10,16-17H,3-4,9,11H2,1-2H3. The van der Waals surface area contributed by atoms with Crippen molar-refractivity contribution in [3.8, 4) is 10.4 Å². The van der Waals surface area contributed by atoms with Crippen molar-refractivity contribution in [2.75, 3.05) is 6.54 Å². The van der Waals surface area contributed by atoms with Gasteiger partial charge in [0, 0.05) is 28.4 Å². The van der Waals surface area contributed by atoms with E-state index in [0.29, 0.717) is 6.54 Å². The summed E-state index contributed by atoms with van der Waals surface area (Å²) in [6.07, 6.45) is 1.59. The minimum atomic E-state index is -0.562. The van der Waals surface area contributed by atoms with Crippen LogP contribution in [0.15, 0.2) is 29.0 Å². The molecule has 4 heteroatoms. The van der Waals surface area contributed by atoms with E-state index in [1.807, 2.05) is 13.8 Å². The van der Waals surface area contributed by atoms with Gasteiger partial charge in [-0.25, -0.2) is 0 Å². The lowest BCUT2D eigenvalue weighted by Crippen LogP contribution is -2.39. The van der Waals surface area contributed by atoms with E-state index in [9.17, 15) is 5.11 Å². The molecule has 104 valence electrons. The van der Waals surface area contributed by atoms with Crippen molar-refractivity contribution in [3.63, 3.8) is 0 Å². The van der Waals surface area contributed by atoms with Crippen LogP contribution in [0.2, 0.25) is 0 Å². The van der Waals surface area contributed by atoms with Crippen molar-refractivity contribution >= 4 is 22.7 Å². The molecule has 2 nitrogen and oxygen atoms in total. The van der Waals surface area contributed by atoms with Gasteiger partial charge in [-0.05, 0) is 35.7 Å². The first kappa shape index (κ1) is 14.7. The highest BCUT2D eigenvalue weighted by Crippen LogP contribution is 2.29. The predicted octanol–water partition coefficient (Wildman–Crippen LogP) is 4.12. The molecule has 0 aliphatic heterocycles. The maximum absolute atomic E-state index is 10.2. The van der Waals surface area contributed by atoms with E-state index in [1.165, 1.54) is 15.3 Å². The van der Waals surface area contributed by atoms with Crippen molar-refractivity contribution in [2.24, 2.45) is 0 Å². The molecule has 0 fully saturated rings. The van der Waals surface area contributed by atoms with Crippen LogP contribution in [0, 0.1) is 0 Å². The van der Waals surface area contributed by atoms with Crippen molar-refractivity contribution in [3.05, 3.63) is 33.8 Å². The lowest BCUT2D eigenvalue weighted by Gasteiger charge is -2.25. The largest absolute Gasteiger partial charge is 0.389 e. The molecule has 0 atom stereocenters. The Morgan fingerprint density at radius 3 is 2.68 bits per heavy atom. The van der Waals surface area contributed by atoms with E-state index in [2.05, 4.69) is 34.3 Å². The lowest BCUT2D eigenvalue weighted by atomic mass is 9.98. The van der Waals surface area contributed by atoms with E-state index in [-0.39, 0.29) is 0 Å². The van der Waals surface area contributed by atoms with E-state index < -0.39 is 5.60 Å². The Bertz CT molecular complexity index is 486. The molecule has 2 N–H and O–H groups in total. The average Bonchev–Trinajstić information content (AvgIpc) is 3.09. The molecule has 2 aromatic rings. The SMILES string of the molecule is CCC(O)(CC)CNCc1cc(-c2cccs2)cs1. The molecule has 2 rings (SSSR count). The average molecular weight is 295 g/mol. The topological polar surface area (TPSA) is 32.3 Å². The van der Waals surface area contributed by atoms with Gasteiger partial charge >= 0.3 is 0 Å². The zero-order valence-corrected chi connectivity index (χ0v) is 13.1. The number of thiophene rings is 2. The number of nitrogens with one attached hydrogen (secondary N) is 1. The molecule has 0 saturated heterocycles. The molecule has 0 radical (unpaired) electrons. The first-order valence-electron chi connectivity index (χ1n) is 6.71. The van der Waals surface area contributed by atoms with Crippen LogP contribution in [0.3, 0.4) is 0 Å². The van der Waals surface area contributed by atoms with E-state index in [1.54, 1.807) is 22.7 Å². The normalized spacial score (nSPS) is 11.9. The van der Waals surface area contributed by atoms with Gasteiger partial charge in [0.25, 0.3) is 0 Å². The summed E-state index contributed by atoms with van der Waals surface area (Å²) in [6, 6.07) is 6.47. The monoisotopic (exact) mass is 295 g/mol. The summed E-state index contributed by atoms with van der Waals surface area (Å²) in [6.45, 7) is 5.56. The number of hydrogen-bond acceptors (Lipinski definition) is 4. The fraction of sp³-hybridized carbons (Fsp3) is 0.467. The number of hydrogen-bond donors (Lipinski definition) is 2. The summed E-state index contributed by atoms with van der Waals surface area (Å²) in [4.78, 5) is 2.64. The summed E-state index contributed by atoms with van der Waals surface area (Å²) < 4.78 is 0. The third-order valence-corrected chi connectivity index (χ3v) is 5.38. The third-order valence-electron chi connectivity index (χ3n) is 3.53. The van der Waals surface area contributed by atoms with Gasteiger partial charge < -0.3 is 10.4 Å².